The van der Waals surface area contributed by atoms with E-state index in [-0.39, 0.29) is 5.96 Å². The van der Waals surface area contributed by atoms with Crippen molar-refractivity contribution in [3.05, 3.63) is 34.9 Å². The summed E-state index contributed by atoms with van der Waals surface area (Å²) in [5.74, 6) is -0.0139. The summed E-state index contributed by atoms with van der Waals surface area (Å²) in [6, 6.07) is 7.27. The first-order valence-corrected chi connectivity index (χ1v) is 4.04. The van der Waals surface area contributed by atoms with Gasteiger partial charge in [-0.25, -0.2) is 10.5 Å². The molecule has 0 spiro atoms. The van der Waals surface area contributed by atoms with Crippen molar-refractivity contribution >= 4 is 17.6 Å². The van der Waals surface area contributed by atoms with Crippen LogP contribution in [0, 0.1) is 0 Å². The Labute approximate surface area is 81.0 Å². The van der Waals surface area contributed by atoms with Crippen LogP contribution in [0.1, 0.15) is 5.56 Å². The lowest BCUT2D eigenvalue weighted by molar-refractivity contribution is 0.232. The van der Waals surface area contributed by atoms with Gasteiger partial charge in [0.05, 0.1) is 6.54 Å². The van der Waals surface area contributed by atoms with Crippen LogP contribution >= 0.6 is 11.6 Å². The predicted molar refractivity (Wildman–Crippen MR) is 51.7 cm³/mol. The van der Waals surface area contributed by atoms with Gasteiger partial charge in [0.2, 0.25) is 5.96 Å². The van der Waals surface area contributed by atoms with Gasteiger partial charge in [0.25, 0.3) is 0 Å². The fourth-order valence-electron chi connectivity index (χ4n) is 0.847. The van der Waals surface area contributed by atoms with E-state index in [1.807, 2.05) is 12.1 Å². The van der Waals surface area contributed by atoms with E-state index in [4.69, 9.17) is 22.5 Å². The molecule has 1 aromatic carbocycles. The van der Waals surface area contributed by atoms with Crippen LogP contribution in [0.25, 0.3) is 0 Å². The maximum absolute atomic E-state index is 8.34. The van der Waals surface area contributed by atoms with Crippen molar-refractivity contribution in [1.82, 2.24) is 5.48 Å². The van der Waals surface area contributed by atoms with Gasteiger partial charge in [-0.15, -0.1) is 0 Å². The summed E-state index contributed by atoms with van der Waals surface area (Å²) in [6.07, 6.45) is 0. The largest absolute Gasteiger partial charge is 0.368 e. The first-order valence-electron chi connectivity index (χ1n) is 3.67. The van der Waals surface area contributed by atoms with Crippen LogP contribution in [-0.2, 0) is 6.54 Å². The van der Waals surface area contributed by atoms with Gasteiger partial charge in [0, 0.05) is 5.02 Å². The average Bonchev–Trinajstić information content (AvgIpc) is 2.14. The van der Waals surface area contributed by atoms with E-state index < -0.39 is 0 Å². The highest BCUT2D eigenvalue weighted by molar-refractivity contribution is 6.30. The van der Waals surface area contributed by atoms with Crippen LogP contribution in [0.2, 0.25) is 5.02 Å². The zero-order chi connectivity index (χ0) is 9.68. The van der Waals surface area contributed by atoms with Crippen molar-refractivity contribution in [2.75, 3.05) is 0 Å². The number of hydrogen-bond acceptors (Lipinski definition) is 2. The minimum absolute atomic E-state index is 0.0139. The van der Waals surface area contributed by atoms with E-state index in [1.165, 1.54) is 0 Å². The van der Waals surface area contributed by atoms with Crippen molar-refractivity contribution < 1.29 is 5.21 Å². The molecule has 0 fully saturated rings. The van der Waals surface area contributed by atoms with E-state index >= 15 is 0 Å². The monoisotopic (exact) mass is 199 g/mol. The van der Waals surface area contributed by atoms with E-state index in [2.05, 4.69) is 4.99 Å². The van der Waals surface area contributed by atoms with Gasteiger partial charge in [0.1, 0.15) is 0 Å². The third-order valence-corrected chi connectivity index (χ3v) is 1.67. The van der Waals surface area contributed by atoms with Crippen molar-refractivity contribution in [2.45, 2.75) is 6.54 Å². The number of hydrogen-bond donors (Lipinski definition) is 3. The summed E-state index contributed by atoms with van der Waals surface area (Å²) in [5.41, 5.74) is 7.90. The highest BCUT2D eigenvalue weighted by Crippen LogP contribution is 2.10. The van der Waals surface area contributed by atoms with Gasteiger partial charge in [-0.2, -0.15) is 0 Å². The topological polar surface area (TPSA) is 70.6 Å². The van der Waals surface area contributed by atoms with E-state index in [9.17, 15) is 0 Å². The number of nitrogens with zero attached hydrogens (tertiary/aromatic N) is 1. The minimum atomic E-state index is -0.0139. The second-order valence-electron chi connectivity index (χ2n) is 2.44. The Morgan fingerprint density at radius 2 is 2.38 bits per heavy atom. The standard InChI is InChI=1S/C8H10ClN3O/c9-7-3-1-2-6(4-7)5-11-8(10)12-13/h1-4,13H,5H2,(H3,10,11,12). The normalized spacial score (nSPS) is 11.4. The van der Waals surface area contributed by atoms with Crippen LogP contribution < -0.4 is 11.2 Å². The van der Waals surface area contributed by atoms with E-state index in [0.29, 0.717) is 11.6 Å². The van der Waals surface area contributed by atoms with E-state index in [1.54, 1.807) is 17.6 Å². The van der Waals surface area contributed by atoms with Crippen molar-refractivity contribution in [3.8, 4) is 0 Å². The van der Waals surface area contributed by atoms with Crippen LogP contribution in [0.3, 0.4) is 0 Å². The second kappa shape index (κ2) is 4.69. The Morgan fingerprint density at radius 3 is 3.00 bits per heavy atom. The van der Waals surface area contributed by atoms with Crippen LogP contribution in [0.5, 0.6) is 0 Å². The summed E-state index contributed by atoms with van der Waals surface area (Å²) in [6.45, 7) is 0.389. The third kappa shape index (κ3) is 3.31. The van der Waals surface area contributed by atoms with Crippen molar-refractivity contribution in [3.63, 3.8) is 0 Å². The molecule has 0 heterocycles. The molecule has 0 aliphatic carbocycles. The third-order valence-electron chi connectivity index (χ3n) is 1.44. The molecule has 70 valence electrons. The summed E-state index contributed by atoms with van der Waals surface area (Å²) < 4.78 is 0. The van der Waals surface area contributed by atoms with Crippen LogP contribution in [-0.4, -0.2) is 11.2 Å². The molecule has 13 heavy (non-hydrogen) atoms. The number of rotatable bonds is 2. The second-order valence-corrected chi connectivity index (χ2v) is 2.88. The summed E-state index contributed by atoms with van der Waals surface area (Å²) in [5, 5.41) is 8.99. The fraction of sp³-hybridized carbons (Fsp3) is 0.125. The Kier molecular flexibility index (Phi) is 3.54. The zero-order valence-electron chi connectivity index (χ0n) is 6.87. The molecule has 0 radical (unpaired) electrons. The van der Waals surface area contributed by atoms with Gasteiger partial charge < -0.3 is 5.73 Å². The lowest BCUT2D eigenvalue weighted by Crippen LogP contribution is -2.28. The summed E-state index contributed by atoms with van der Waals surface area (Å²) in [4.78, 5) is 3.83. The van der Waals surface area contributed by atoms with Gasteiger partial charge in [-0.05, 0) is 17.7 Å². The molecule has 0 amide bonds. The molecule has 1 rings (SSSR count). The molecule has 0 aromatic heterocycles. The molecule has 0 bridgehead atoms. The number of nitrogens with two attached hydrogens (primary N) is 1. The van der Waals surface area contributed by atoms with E-state index in [0.717, 1.165) is 5.56 Å². The molecule has 1 aromatic rings. The number of nitrogens with one attached hydrogen (secondary N) is 1. The van der Waals surface area contributed by atoms with Crippen LogP contribution in [0.4, 0.5) is 0 Å². The first-order chi connectivity index (χ1) is 6.22. The zero-order valence-corrected chi connectivity index (χ0v) is 7.62. The molecule has 0 aliphatic rings. The SMILES string of the molecule is NC(=NCc1cccc(Cl)c1)NO. The molecule has 0 saturated carbocycles. The number of aliphatic imine (C=N–C) groups is 1. The van der Waals surface area contributed by atoms with Gasteiger partial charge in [0.15, 0.2) is 0 Å². The van der Waals surface area contributed by atoms with Gasteiger partial charge in [-0.3, -0.25) is 5.21 Å². The Morgan fingerprint density at radius 1 is 1.62 bits per heavy atom. The highest BCUT2D eigenvalue weighted by Gasteiger charge is 1.92. The van der Waals surface area contributed by atoms with Gasteiger partial charge >= 0.3 is 0 Å². The lowest BCUT2D eigenvalue weighted by Gasteiger charge is -1.99. The van der Waals surface area contributed by atoms with Crippen molar-refractivity contribution in [1.29, 1.82) is 0 Å². The minimum Gasteiger partial charge on any atom is -0.368 e. The maximum Gasteiger partial charge on any atom is 0.213 e. The van der Waals surface area contributed by atoms with Crippen molar-refractivity contribution in [2.24, 2.45) is 10.7 Å². The summed E-state index contributed by atoms with van der Waals surface area (Å²) in [7, 11) is 0. The fourth-order valence-corrected chi connectivity index (χ4v) is 1.06. The lowest BCUT2D eigenvalue weighted by atomic mass is 10.2. The summed E-state index contributed by atoms with van der Waals surface area (Å²) >= 11 is 5.75. The smallest absolute Gasteiger partial charge is 0.213 e. The number of hydroxylamine groups is 1. The maximum atomic E-state index is 8.34. The Balaban J connectivity index is 2.64. The van der Waals surface area contributed by atoms with Crippen LogP contribution in [0.15, 0.2) is 29.3 Å². The number of guanidine groups is 1. The molecule has 4 nitrogen and oxygen atoms in total. The molecular weight excluding hydrogens is 190 g/mol. The number of halogens is 1. The molecule has 0 aliphatic heterocycles. The molecule has 5 heteroatoms. The molecule has 0 saturated heterocycles. The highest BCUT2D eigenvalue weighted by atomic mass is 35.5. The Bertz CT molecular complexity index is 314. The quantitative estimate of drug-likeness (QED) is 0.380. The molecule has 0 atom stereocenters. The van der Waals surface area contributed by atoms with Gasteiger partial charge in [-0.1, -0.05) is 23.7 Å². The Hall–Kier alpha value is -1.26. The molecular formula is C8H10ClN3O. The average molecular weight is 200 g/mol. The molecule has 0 unspecified atom stereocenters. The number of benzene rings is 1. The first kappa shape index (κ1) is 9.83. The predicted octanol–water partition coefficient (Wildman–Crippen LogP) is 1.13. The molecule has 4 N–H and O–H groups in total.